The number of anilines is 1. The summed E-state index contributed by atoms with van der Waals surface area (Å²) in [6, 6.07) is 7.06. The first-order valence-corrected chi connectivity index (χ1v) is 8.28. The van der Waals surface area contributed by atoms with Crippen LogP contribution in [0.15, 0.2) is 45.6 Å². The average Bonchev–Trinajstić information content (AvgIpc) is 2.61. The van der Waals surface area contributed by atoms with E-state index in [4.69, 9.17) is 20.8 Å². The molecule has 1 aromatic heterocycles. The van der Waals surface area contributed by atoms with Crippen molar-refractivity contribution in [1.82, 2.24) is 0 Å². The van der Waals surface area contributed by atoms with Crippen molar-refractivity contribution in [2.24, 2.45) is 0 Å². The summed E-state index contributed by atoms with van der Waals surface area (Å²) in [5, 5.41) is 2.72. The van der Waals surface area contributed by atoms with Crippen molar-refractivity contribution in [3.05, 3.63) is 74.6 Å². The van der Waals surface area contributed by atoms with Crippen LogP contribution in [0.5, 0.6) is 0 Å². The first-order chi connectivity index (χ1) is 13.2. The maximum atomic E-state index is 13.3. The fourth-order valence-electron chi connectivity index (χ4n) is 2.53. The standard InChI is InChI=1S/C19H12ClF2NO5/c1-9(24)23-11-2-3-12-10(4-18(25)28-17(12)5-11)8-27-19(26)13-6-15(21)16(22)7-14(13)20/h2-7H,8H2,1H3,(H,23,24). The number of amides is 1. The molecule has 0 spiro atoms. The molecule has 6 nitrogen and oxygen atoms in total. The van der Waals surface area contributed by atoms with E-state index in [-0.39, 0.29) is 28.7 Å². The molecular formula is C19H12ClF2NO5. The number of hydrogen-bond acceptors (Lipinski definition) is 5. The van der Waals surface area contributed by atoms with Crippen molar-refractivity contribution in [2.45, 2.75) is 13.5 Å². The highest BCUT2D eigenvalue weighted by atomic mass is 35.5. The summed E-state index contributed by atoms with van der Waals surface area (Å²) in [5.41, 5.74) is -0.112. The van der Waals surface area contributed by atoms with Crippen molar-refractivity contribution in [3.8, 4) is 0 Å². The van der Waals surface area contributed by atoms with Crippen LogP contribution < -0.4 is 10.9 Å². The molecule has 0 unspecified atom stereocenters. The van der Waals surface area contributed by atoms with Crippen molar-refractivity contribution in [1.29, 1.82) is 0 Å². The minimum absolute atomic E-state index is 0.177. The summed E-state index contributed by atoms with van der Waals surface area (Å²) in [7, 11) is 0. The van der Waals surface area contributed by atoms with Crippen LogP contribution in [-0.2, 0) is 16.1 Å². The second-order valence-corrected chi connectivity index (χ2v) is 6.21. The fraction of sp³-hybridized carbons (Fsp3) is 0.105. The Morgan fingerprint density at radius 1 is 1.14 bits per heavy atom. The lowest BCUT2D eigenvalue weighted by atomic mass is 10.1. The summed E-state index contributed by atoms with van der Waals surface area (Å²) in [6.07, 6.45) is 0. The summed E-state index contributed by atoms with van der Waals surface area (Å²) in [4.78, 5) is 35.1. The summed E-state index contributed by atoms with van der Waals surface area (Å²) < 4.78 is 36.7. The molecule has 0 saturated carbocycles. The second-order valence-electron chi connectivity index (χ2n) is 5.81. The van der Waals surface area contributed by atoms with E-state index in [0.717, 1.165) is 6.07 Å². The predicted octanol–water partition coefficient (Wildman–Crippen LogP) is 4.04. The van der Waals surface area contributed by atoms with E-state index in [0.29, 0.717) is 28.8 Å². The summed E-state index contributed by atoms with van der Waals surface area (Å²) >= 11 is 5.75. The molecular weight excluding hydrogens is 396 g/mol. The van der Waals surface area contributed by atoms with E-state index < -0.39 is 23.2 Å². The van der Waals surface area contributed by atoms with Crippen molar-refractivity contribution in [3.63, 3.8) is 0 Å². The number of hydrogen-bond donors (Lipinski definition) is 1. The van der Waals surface area contributed by atoms with E-state index in [1.54, 1.807) is 12.1 Å². The van der Waals surface area contributed by atoms with Crippen LogP contribution in [0.3, 0.4) is 0 Å². The number of nitrogens with one attached hydrogen (secondary N) is 1. The molecule has 1 amide bonds. The lowest BCUT2D eigenvalue weighted by Gasteiger charge is -2.09. The number of esters is 1. The Labute approximate surface area is 161 Å². The molecule has 1 heterocycles. The fourth-order valence-corrected chi connectivity index (χ4v) is 2.76. The first kappa shape index (κ1) is 19.5. The Morgan fingerprint density at radius 3 is 2.57 bits per heavy atom. The van der Waals surface area contributed by atoms with Crippen LogP contribution in [0.1, 0.15) is 22.8 Å². The van der Waals surface area contributed by atoms with E-state index in [1.807, 2.05) is 0 Å². The quantitative estimate of drug-likeness (QED) is 0.401. The van der Waals surface area contributed by atoms with Gasteiger partial charge >= 0.3 is 11.6 Å². The third-order valence-electron chi connectivity index (χ3n) is 3.74. The molecule has 144 valence electrons. The van der Waals surface area contributed by atoms with Crippen LogP contribution in [-0.4, -0.2) is 11.9 Å². The largest absolute Gasteiger partial charge is 0.457 e. The third kappa shape index (κ3) is 4.17. The Balaban J connectivity index is 1.88. The van der Waals surface area contributed by atoms with Gasteiger partial charge in [-0.15, -0.1) is 0 Å². The van der Waals surface area contributed by atoms with E-state index >= 15 is 0 Å². The van der Waals surface area contributed by atoms with Gasteiger partial charge in [0.1, 0.15) is 12.2 Å². The highest BCUT2D eigenvalue weighted by molar-refractivity contribution is 6.33. The Hall–Kier alpha value is -3.26. The Morgan fingerprint density at radius 2 is 1.86 bits per heavy atom. The monoisotopic (exact) mass is 407 g/mol. The SMILES string of the molecule is CC(=O)Nc1ccc2c(COC(=O)c3cc(F)c(F)cc3Cl)cc(=O)oc2c1. The lowest BCUT2D eigenvalue weighted by molar-refractivity contribution is -0.114. The van der Waals surface area contributed by atoms with Crippen molar-refractivity contribution >= 4 is 40.1 Å². The Bertz CT molecular complexity index is 1160. The first-order valence-electron chi connectivity index (χ1n) is 7.90. The van der Waals surface area contributed by atoms with Gasteiger partial charge in [0.15, 0.2) is 11.6 Å². The molecule has 0 aliphatic heterocycles. The number of benzene rings is 2. The highest BCUT2D eigenvalue weighted by Gasteiger charge is 2.17. The van der Waals surface area contributed by atoms with Gasteiger partial charge in [-0.2, -0.15) is 0 Å². The molecule has 28 heavy (non-hydrogen) atoms. The third-order valence-corrected chi connectivity index (χ3v) is 4.05. The summed E-state index contributed by atoms with van der Waals surface area (Å²) in [5.74, 6) is -3.72. The number of ether oxygens (including phenoxy) is 1. The smallest absolute Gasteiger partial charge is 0.340 e. The molecule has 0 bridgehead atoms. The van der Waals surface area contributed by atoms with E-state index in [1.165, 1.54) is 13.0 Å². The van der Waals surface area contributed by atoms with E-state index in [2.05, 4.69) is 5.32 Å². The van der Waals surface area contributed by atoms with Gasteiger partial charge in [-0.3, -0.25) is 4.79 Å². The number of carbonyl (C=O) groups excluding carboxylic acids is 2. The van der Waals surface area contributed by atoms with Gasteiger partial charge in [0.25, 0.3) is 0 Å². The molecule has 0 saturated heterocycles. The molecule has 0 aliphatic carbocycles. The average molecular weight is 408 g/mol. The van der Waals surface area contributed by atoms with Crippen LogP contribution in [0, 0.1) is 11.6 Å². The number of halogens is 3. The number of fused-ring (bicyclic) bond motifs is 1. The van der Waals surface area contributed by atoms with Gasteiger partial charge in [-0.1, -0.05) is 11.6 Å². The summed E-state index contributed by atoms with van der Waals surface area (Å²) in [6.45, 7) is 0.995. The number of rotatable bonds is 4. The van der Waals surface area contributed by atoms with Gasteiger partial charge in [0, 0.05) is 35.7 Å². The minimum atomic E-state index is -1.24. The maximum absolute atomic E-state index is 13.3. The second kappa shape index (κ2) is 7.77. The molecule has 3 rings (SSSR count). The topological polar surface area (TPSA) is 85.6 Å². The van der Waals surface area contributed by atoms with Gasteiger partial charge < -0.3 is 14.5 Å². The normalized spacial score (nSPS) is 10.7. The van der Waals surface area contributed by atoms with Crippen LogP contribution in [0.4, 0.5) is 14.5 Å². The van der Waals surface area contributed by atoms with Gasteiger partial charge in [-0.25, -0.2) is 18.4 Å². The molecule has 9 heteroatoms. The Kier molecular flexibility index (Phi) is 5.41. The molecule has 1 N–H and O–H groups in total. The molecule has 0 radical (unpaired) electrons. The van der Waals surface area contributed by atoms with Crippen LogP contribution in [0.25, 0.3) is 11.0 Å². The minimum Gasteiger partial charge on any atom is -0.457 e. The predicted molar refractivity (Wildman–Crippen MR) is 97.3 cm³/mol. The van der Waals surface area contributed by atoms with Gasteiger partial charge in [0.05, 0.1) is 10.6 Å². The van der Waals surface area contributed by atoms with Crippen LogP contribution in [0.2, 0.25) is 5.02 Å². The highest BCUT2D eigenvalue weighted by Crippen LogP contribution is 2.24. The zero-order chi connectivity index (χ0) is 20.4. The van der Waals surface area contributed by atoms with E-state index in [9.17, 15) is 23.2 Å². The molecule has 0 atom stereocenters. The molecule has 0 fully saturated rings. The molecule has 2 aromatic carbocycles. The van der Waals surface area contributed by atoms with Gasteiger partial charge in [0.2, 0.25) is 5.91 Å². The van der Waals surface area contributed by atoms with Crippen molar-refractivity contribution < 1.29 is 27.5 Å². The van der Waals surface area contributed by atoms with Crippen LogP contribution >= 0.6 is 11.6 Å². The molecule has 0 aliphatic rings. The van der Waals surface area contributed by atoms with Crippen molar-refractivity contribution in [2.75, 3.05) is 5.32 Å². The zero-order valence-corrected chi connectivity index (χ0v) is 15.1. The van der Waals surface area contributed by atoms with Gasteiger partial charge in [-0.05, 0) is 24.3 Å². The number of carbonyl (C=O) groups is 2. The lowest BCUT2D eigenvalue weighted by Crippen LogP contribution is -2.10. The maximum Gasteiger partial charge on any atom is 0.340 e. The molecule has 3 aromatic rings. The zero-order valence-electron chi connectivity index (χ0n) is 14.3.